The van der Waals surface area contributed by atoms with Gasteiger partial charge in [0.15, 0.2) is 0 Å². The van der Waals surface area contributed by atoms with E-state index < -0.39 is 15.0 Å². The highest BCUT2D eigenvalue weighted by Crippen LogP contribution is 2.40. The minimum absolute atomic E-state index is 0.0115. The molecule has 90 valence electrons. The molecule has 0 N–H and O–H groups in total. The molecule has 0 unspecified atom stereocenters. The zero-order valence-corrected chi connectivity index (χ0v) is 10.9. The van der Waals surface area contributed by atoms with Gasteiger partial charge >= 0.3 is 15.8 Å². The molecule has 1 aromatic rings. The summed E-state index contributed by atoms with van der Waals surface area (Å²) in [6, 6.07) is 2.75. The number of nitrogens with zero attached hydrogens (tertiary/aromatic N) is 1. The van der Waals surface area contributed by atoms with Gasteiger partial charge < -0.3 is 4.18 Å². The van der Waals surface area contributed by atoms with Crippen molar-refractivity contribution < 1.29 is 17.5 Å². The maximum atomic E-state index is 11.5. The predicted octanol–water partition coefficient (Wildman–Crippen LogP) is 2.44. The molecule has 0 saturated heterocycles. The molecule has 6 nitrogen and oxygen atoms in total. The lowest BCUT2D eigenvalue weighted by molar-refractivity contribution is -0.385. The summed E-state index contributed by atoms with van der Waals surface area (Å²) in [7, 11) is -3.90. The number of fused-ring (bicyclic) bond motifs is 1. The monoisotopic (exact) mass is 319 g/mol. The fourth-order valence-electron chi connectivity index (χ4n) is 1.40. The van der Waals surface area contributed by atoms with Gasteiger partial charge in [0.05, 0.1) is 9.83 Å². The van der Waals surface area contributed by atoms with E-state index >= 15 is 0 Å². The average Bonchev–Trinajstić information content (AvgIpc) is 2.19. The molecule has 0 aromatic heterocycles. The highest BCUT2D eigenvalue weighted by molar-refractivity contribution is 9.10. The molecule has 0 spiro atoms. The van der Waals surface area contributed by atoms with Crippen LogP contribution in [0.1, 0.15) is 12.5 Å². The van der Waals surface area contributed by atoms with Gasteiger partial charge in [-0.25, -0.2) is 0 Å². The Morgan fingerprint density at radius 2 is 2.06 bits per heavy atom. The quantitative estimate of drug-likeness (QED) is 0.450. The molecule has 0 amide bonds. The number of benzene rings is 1. The van der Waals surface area contributed by atoms with Gasteiger partial charge in [-0.15, -0.1) is 0 Å². The standard InChI is InChI=1S/C9H6BrNO5S/c1-5-2-6-3-7(10)4-8(11(12)13)9(6)16-17(5,14)15/h2-4H,1H3. The van der Waals surface area contributed by atoms with Gasteiger partial charge in [0.1, 0.15) is 0 Å². The van der Waals surface area contributed by atoms with Crippen molar-refractivity contribution in [1.29, 1.82) is 0 Å². The van der Waals surface area contributed by atoms with E-state index in [2.05, 4.69) is 15.9 Å². The lowest BCUT2D eigenvalue weighted by Crippen LogP contribution is -2.15. The van der Waals surface area contributed by atoms with E-state index in [4.69, 9.17) is 4.18 Å². The summed E-state index contributed by atoms with van der Waals surface area (Å²) >= 11 is 3.12. The van der Waals surface area contributed by atoms with Crippen molar-refractivity contribution in [3.05, 3.63) is 37.2 Å². The molecule has 0 atom stereocenters. The minimum atomic E-state index is -3.90. The zero-order valence-electron chi connectivity index (χ0n) is 8.51. The van der Waals surface area contributed by atoms with Gasteiger partial charge in [0.2, 0.25) is 5.75 Å². The molecule has 1 aromatic carbocycles. The van der Waals surface area contributed by atoms with Crippen LogP contribution in [0.4, 0.5) is 5.69 Å². The lowest BCUT2D eigenvalue weighted by Gasteiger charge is -2.15. The lowest BCUT2D eigenvalue weighted by atomic mass is 10.1. The normalized spacial score (nSPS) is 16.7. The Morgan fingerprint density at radius 3 is 2.65 bits per heavy atom. The van der Waals surface area contributed by atoms with Crippen molar-refractivity contribution in [2.45, 2.75) is 6.92 Å². The van der Waals surface area contributed by atoms with E-state index in [-0.39, 0.29) is 16.3 Å². The van der Waals surface area contributed by atoms with Crippen LogP contribution in [-0.2, 0) is 10.1 Å². The molecule has 1 aliphatic heterocycles. The summed E-state index contributed by atoms with van der Waals surface area (Å²) < 4.78 is 28.2. The van der Waals surface area contributed by atoms with Crippen molar-refractivity contribution >= 4 is 37.8 Å². The van der Waals surface area contributed by atoms with Crippen LogP contribution in [0, 0.1) is 10.1 Å². The summed E-state index contributed by atoms with van der Waals surface area (Å²) in [4.78, 5) is 10.1. The van der Waals surface area contributed by atoms with Crippen LogP contribution >= 0.6 is 15.9 Å². The third-order valence-electron chi connectivity index (χ3n) is 2.21. The Balaban J connectivity index is 2.78. The third kappa shape index (κ3) is 2.05. The molecule has 0 saturated carbocycles. The van der Waals surface area contributed by atoms with E-state index in [9.17, 15) is 18.5 Å². The smallest absolute Gasteiger partial charge is 0.335 e. The van der Waals surface area contributed by atoms with E-state index in [0.29, 0.717) is 10.0 Å². The van der Waals surface area contributed by atoms with E-state index in [1.54, 1.807) is 6.07 Å². The zero-order chi connectivity index (χ0) is 12.8. The molecule has 0 fully saturated rings. The second-order valence-corrected chi connectivity index (χ2v) is 6.03. The van der Waals surface area contributed by atoms with Crippen molar-refractivity contribution in [3.63, 3.8) is 0 Å². The molecule has 0 bridgehead atoms. The van der Waals surface area contributed by atoms with Crippen molar-refractivity contribution in [2.75, 3.05) is 0 Å². The van der Waals surface area contributed by atoms with Crippen molar-refractivity contribution in [3.8, 4) is 5.75 Å². The first-order chi connectivity index (χ1) is 7.81. The summed E-state index contributed by atoms with van der Waals surface area (Å²) in [6.07, 6.45) is 1.34. The molecule has 1 heterocycles. The van der Waals surface area contributed by atoms with Crippen LogP contribution in [0.5, 0.6) is 5.75 Å². The Bertz CT molecular complexity index is 650. The molecule has 0 radical (unpaired) electrons. The minimum Gasteiger partial charge on any atom is -0.371 e. The molecular weight excluding hydrogens is 314 g/mol. The summed E-state index contributed by atoms with van der Waals surface area (Å²) in [5.74, 6) is -0.246. The van der Waals surface area contributed by atoms with Crippen LogP contribution in [0.2, 0.25) is 0 Å². The average molecular weight is 320 g/mol. The summed E-state index contributed by atoms with van der Waals surface area (Å²) in [5.41, 5.74) is -0.0277. The van der Waals surface area contributed by atoms with E-state index in [1.165, 1.54) is 19.1 Å². The molecule has 17 heavy (non-hydrogen) atoms. The number of hydrogen-bond acceptors (Lipinski definition) is 5. The van der Waals surface area contributed by atoms with Crippen LogP contribution < -0.4 is 4.18 Å². The SMILES string of the molecule is CC1=Cc2cc(Br)cc([N+](=O)[O-])c2OS1(=O)=O. The van der Waals surface area contributed by atoms with Gasteiger partial charge in [0.25, 0.3) is 0 Å². The number of nitro benzene ring substituents is 1. The van der Waals surface area contributed by atoms with Gasteiger partial charge in [-0.1, -0.05) is 15.9 Å². The largest absolute Gasteiger partial charge is 0.371 e. The molecule has 8 heteroatoms. The van der Waals surface area contributed by atoms with Crippen LogP contribution in [0.3, 0.4) is 0 Å². The molecule has 2 rings (SSSR count). The summed E-state index contributed by atoms with van der Waals surface area (Å²) in [6.45, 7) is 1.37. The Hall–Kier alpha value is -1.41. The van der Waals surface area contributed by atoms with Crippen molar-refractivity contribution in [2.24, 2.45) is 0 Å². The number of rotatable bonds is 1. The highest BCUT2D eigenvalue weighted by Gasteiger charge is 2.30. The second-order valence-electron chi connectivity index (χ2n) is 3.39. The Morgan fingerprint density at radius 1 is 1.41 bits per heavy atom. The van der Waals surface area contributed by atoms with E-state index in [0.717, 1.165) is 0 Å². The third-order valence-corrected chi connectivity index (χ3v) is 3.96. The topological polar surface area (TPSA) is 86.5 Å². The molecule has 1 aliphatic rings. The number of hydrogen-bond donors (Lipinski definition) is 0. The van der Waals surface area contributed by atoms with Gasteiger partial charge in [0, 0.05) is 16.1 Å². The Kier molecular flexibility index (Phi) is 2.70. The van der Waals surface area contributed by atoms with Gasteiger partial charge in [-0.3, -0.25) is 10.1 Å². The van der Waals surface area contributed by atoms with Crippen LogP contribution in [-0.4, -0.2) is 13.3 Å². The molecule has 0 aliphatic carbocycles. The first-order valence-corrected chi connectivity index (χ1v) is 6.62. The number of halogens is 1. The predicted molar refractivity (Wildman–Crippen MR) is 64.0 cm³/mol. The maximum Gasteiger partial charge on any atom is 0.335 e. The van der Waals surface area contributed by atoms with Crippen LogP contribution in [0.25, 0.3) is 6.08 Å². The van der Waals surface area contributed by atoms with Gasteiger partial charge in [-0.2, -0.15) is 8.42 Å². The second kappa shape index (κ2) is 3.81. The summed E-state index contributed by atoms with van der Waals surface area (Å²) in [5, 5.41) is 10.8. The highest BCUT2D eigenvalue weighted by atomic mass is 79.9. The van der Waals surface area contributed by atoms with E-state index in [1.807, 2.05) is 0 Å². The fraction of sp³-hybridized carbons (Fsp3) is 0.111. The molecular formula is C9H6BrNO5S. The Labute approximate surface area is 105 Å². The maximum absolute atomic E-state index is 11.5. The first kappa shape index (κ1) is 12.1. The van der Waals surface area contributed by atoms with Gasteiger partial charge in [-0.05, 0) is 19.1 Å². The fourth-order valence-corrected chi connectivity index (χ4v) is 2.67. The van der Waals surface area contributed by atoms with Crippen molar-refractivity contribution in [1.82, 2.24) is 0 Å². The number of nitro groups is 1. The first-order valence-electron chi connectivity index (χ1n) is 4.42. The van der Waals surface area contributed by atoms with Crippen LogP contribution in [0.15, 0.2) is 21.5 Å². The number of allylic oxidation sites excluding steroid dienone is 1.